The Kier molecular flexibility index (Phi) is 6.00. The van der Waals surface area contributed by atoms with Crippen LogP contribution in [-0.2, 0) is 0 Å². The molecule has 2 N–H and O–H groups in total. The van der Waals surface area contributed by atoms with E-state index in [1.54, 1.807) is 24.5 Å². The molecule has 6 nitrogen and oxygen atoms in total. The Hall–Kier alpha value is -2.28. The standard InChI is InChI=1S/C22H29N5O/c1-26(16-19-15-24-25-21(19)17-5-3-2-4-6-17)20-9-13-27(14-10-20)22(28)18-7-11-23-12-8-18/h2-8,11-12,19-21,24-25H,9-10,13-16H2,1H3. The molecule has 0 bridgehead atoms. The molecule has 0 aliphatic carbocycles. The third-order valence-electron chi connectivity index (χ3n) is 6.08. The molecule has 2 unspecified atom stereocenters. The van der Waals surface area contributed by atoms with E-state index in [0.717, 1.165) is 44.6 Å². The van der Waals surface area contributed by atoms with Gasteiger partial charge in [-0.15, -0.1) is 0 Å². The van der Waals surface area contributed by atoms with Gasteiger partial charge in [0, 0.05) is 56.1 Å². The molecule has 0 spiro atoms. The van der Waals surface area contributed by atoms with Crippen molar-refractivity contribution in [1.29, 1.82) is 0 Å². The number of likely N-dealkylation sites (tertiary alicyclic amines) is 1. The highest BCUT2D eigenvalue weighted by Crippen LogP contribution is 2.27. The fourth-order valence-electron chi connectivity index (χ4n) is 4.43. The van der Waals surface area contributed by atoms with E-state index in [9.17, 15) is 4.79 Å². The third kappa shape index (κ3) is 4.24. The first-order valence-electron chi connectivity index (χ1n) is 10.2. The molecule has 148 valence electrons. The molecular weight excluding hydrogens is 350 g/mol. The Balaban J connectivity index is 1.30. The minimum atomic E-state index is 0.122. The van der Waals surface area contributed by atoms with Crippen LogP contribution in [0.25, 0.3) is 0 Å². The zero-order valence-corrected chi connectivity index (χ0v) is 16.4. The maximum atomic E-state index is 12.6. The van der Waals surface area contributed by atoms with Gasteiger partial charge in [0.1, 0.15) is 0 Å². The molecule has 2 saturated heterocycles. The summed E-state index contributed by atoms with van der Waals surface area (Å²) in [4.78, 5) is 21.1. The highest BCUT2D eigenvalue weighted by Gasteiger charge is 2.32. The van der Waals surface area contributed by atoms with E-state index in [1.165, 1.54) is 5.56 Å². The molecule has 2 atom stereocenters. The van der Waals surface area contributed by atoms with E-state index in [1.807, 2.05) is 4.90 Å². The molecule has 1 aromatic heterocycles. The van der Waals surface area contributed by atoms with Crippen molar-refractivity contribution in [3.05, 3.63) is 66.0 Å². The van der Waals surface area contributed by atoms with Crippen molar-refractivity contribution in [3.63, 3.8) is 0 Å². The van der Waals surface area contributed by atoms with Crippen molar-refractivity contribution >= 4 is 5.91 Å². The van der Waals surface area contributed by atoms with Gasteiger partial charge < -0.3 is 9.80 Å². The first-order chi connectivity index (χ1) is 13.7. The highest BCUT2D eigenvalue weighted by molar-refractivity contribution is 5.94. The Morgan fingerprint density at radius 1 is 1.14 bits per heavy atom. The Labute approximate surface area is 166 Å². The molecule has 2 fully saturated rings. The molecule has 1 aromatic carbocycles. The van der Waals surface area contributed by atoms with Gasteiger partial charge >= 0.3 is 0 Å². The van der Waals surface area contributed by atoms with E-state index in [-0.39, 0.29) is 5.91 Å². The number of benzene rings is 1. The van der Waals surface area contributed by atoms with Gasteiger partial charge in [-0.1, -0.05) is 30.3 Å². The Morgan fingerprint density at radius 2 is 1.86 bits per heavy atom. The smallest absolute Gasteiger partial charge is 0.253 e. The monoisotopic (exact) mass is 379 g/mol. The SMILES string of the molecule is CN(CC1CNNC1c1ccccc1)C1CCN(C(=O)c2ccncc2)CC1. The number of nitrogens with zero attached hydrogens (tertiary/aromatic N) is 3. The van der Waals surface area contributed by atoms with Crippen LogP contribution in [0.2, 0.25) is 0 Å². The van der Waals surface area contributed by atoms with Gasteiger partial charge in [0.05, 0.1) is 6.04 Å². The Morgan fingerprint density at radius 3 is 2.57 bits per heavy atom. The number of pyridine rings is 1. The number of carbonyl (C=O) groups is 1. The zero-order valence-electron chi connectivity index (χ0n) is 16.4. The number of hydrogen-bond donors (Lipinski definition) is 2. The van der Waals surface area contributed by atoms with Gasteiger partial charge in [-0.05, 0) is 37.6 Å². The van der Waals surface area contributed by atoms with Crippen LogP contribution in [0.1, 0.15) is 34.8 Å². The van der Waals surface area contributed by atoms with Crippen LogP contribution in [0.4, 0.5) is 0 Å². The molecule has 2 aliphatic heterocycles. The average Bonchev–Trinajstić information content (AvgIpc) is 3.22. The molecule has 28 heavy (non-hydrogen) atoms. The summed E-state index contributed by atoms with van der Waals surface area (Å²) in [6.07, 6.45) is 5.41. The lowest BCUT2D eigenvalue weighted by molar-refractivity contribution is 0.0631. The molecule has 1 amide bonds. The number of carbonyl (C=O) groups excluding carboxylic acids is 1. The number of piperidine rings is 1. The van der Waals surface area contributed by atoms with Crippen molar-refractivity contribution in [2.24, 2.45) is 5.92 Å². The lowest BCUT2D eigenvalue weighted by Crippen LogP contribution is -2.47. The zero-order chi connectivity index (χ0) is 19.3. The minimum absolute atomic E-state index is 0.122. The molecule has 0 saturated carbocycles. The number of aromatic nitrogens is 1. The average molecular weight is 380 g/mol. The van der Waals surface area contributed by atoms with Crippen LogP contribution in [0.5, 0.6) is 0 Å². The van der Waals surface area contributed by atoms with E-state index in [0.29, 0.717) is 18.0 Å². The fourth-order valence-corrected chi connectivity index (χ4v) is 4.43. The second kappa shape index (κ2) is 8.82. The Bertz CT molecular complexity index is 761. The summed E-state index contributed by atoms with van der Waals surface area (Å²) in [6, 6.07) is 15.1. The second-order valence-electron chi connectivity index (χ2n) is 7.87. The van der Waals surface area contributed by atoms with Crippen molar-refractivity contribution < 1.29 is 4.79 Å². The van der Waals surface area contributed by atoms with Gasteiger partial charge in [-0.3, -0.25) is 15.2 Å². The second-order valence-corrected chi connectivity index (χ2v) is 7.87. The van der Waals surface area contributed by atoms with Gasteiger partial charge in [0.15, 0.2) is 0 Å². The minimum Gasteiger partial charge on any atom is -0.339 e. The van der Waals surface area contributed by atoms with Crippen molar-refractivity contribution in [2.75, 3.05) is 33.2 Å². The van der Waals surface area contributed by atoms with E-state index in [4.69, 9.17) is 0 Å². The molecule has 2 aliphatic rings. The molecule has 2 aromatic rings. The summed E-state index contributed by atoms with van der Waals surface area (Å²) in [5.74, 6) is 0.653. The number of hydrogen-bond acceptors (Lipinski definition) is 5. The van der Waals surface area contributed by atoms with Crippen molar-refractivity contribution in [1.82, 2.24) is 25.6 Å². The summed E-state index contributed by atoms with van der Waals surface area (Å²) in [6.45, 7) is 3.66. The van der Waals surface area contributed by atoms with Gasteiger partial charge in [0.2, 0.25) is 0 Å². The largest absolute Gasteiger partial charge is 0.339 e. The fraction of sp³-hybridized carbons (Fsp3) is 0.455. The van der Waals surface area contributed by atoms with Crippen LogP contribution in [0, 0.1) is 5.92 Å². The van der Waals surface area contributed by atoms with Crippen molar-refractivity contribution in [2.45, 2.75) is 24.9 Å². The summed E-state index contributed by atoms with van der Waals surface area (Å²) in [5, 5.41) is 0. The number of amides is 1. The van der Waals surface area contributed by atoms with Gasteiger partial charge in [0.25, 0.3) is 5.91 Å². The quantitative estimate of drug-likeness (QED) is 0.833. The molecule has 3 heterocycles. The summed E-state index contributed by atoms with van der Waals surface area (Å²) < 4.78 is 0. The third-order valence-corrected chi connectivity index (χ3v) is 6.08. The van der Waals surface area contributed by atoms with E-state index in [2.05, 4.69) is 58.1 Å². The lowest BCUT2D eigenvalue weighted by Gasteiger charge is -2.38. The van der Waals surface area contributed by atoms with Crippen LogP contribution >= 0.6 is 0 Å². The number of rotatable bonds is 5. The molecule has 0 radical (unpaired) electrons. The van der Waals surface area contributed by atoms with Crippen LogP contribution < -0.4 is 10.9 Å². The number of hydrazine groups is 1. The van der Waals surface area contributed by atoms with Crippen molar-refractivity contribution in [3.8, 4) is 0 Å². The first-order valence-corrected chi connectivity index (χ1v) is 10.2. The van der Waals surface area contributed by atoms with Gasteiger partial charge in [-0.25, -0.2) is 5.43 Å². The van der Waals surface area contributed by atoms with Gasteiger partial charge in [-0.2, -0.15) is 0 Å². The van der Waals surface area contributed by atoms with E-state index < -0.39 is 0 Å². The molecule has 6 heteroatoms. The maximum Gasteiger partial charge on any atom is 0.253 e. The van der Waals surface area contributed by atoms with Crippen LogP contribution in [-0.4, -0.2) is 60.0 Å². The summed E-state index contributed by atoms with van der Waals surface area (Å²) in [5.41, 5.74) is 8.84. The van der Waals surface area contributed by atoms with E-state index >= 15 is 0 Å². The first kappa shape index (κ1) is 19.1. The lowest BCUT2D eigenvalue weighted by atomic mass is 9.93. The molecular formula is C22H29N5O. The van der Waals surface area contributed by atoms with Crippen LogP contribution in [0.3, 0.4) is 0 Å². The predicted molar refractivity (Wildman–Crippen MR) is 110 cm³/mol. The molecule has 4 rings (SSSR count). The number of nitrogens with one attached hydrogen (secondary N) is 2. The normalized spacial score (nSPS) is 23.3. The summed E-state index contributed by atoms with van der Waals surface area (Å²) in [7, 11) is 2.23. The van der Waals surface area contributed by atoms with Crippen LogP contribution in [0.15, 0.2) is 54.9 Å². The summed E-state index contributed by atoms with van der Waals surface area (Å²) >= 11 is 0. The predicted octanol–water partition coefficient (Wildman–Crippen LogP) is 2.08. The highest BCUT2D eigenvalue weighted by atomic mass is 16.2. The topological polar surface area (TPSA) is 60.5 Å². The maximum absolute atomic E-state index is 12.6.